The van der Waals surface area contributed by atoms with Crippen LogP contribution < -0.4 is 5.32 Å². The number of anilines is 1. The molecule has 1 rings (SSSR count). The molecule has 1 aromatic heterocycles. The van der Waals surface area contributed by atoms with Crippen LogP contribution in [0.5, 0.6) is 0 Å². The maximum atomic E-state index is 8.59. The van der Waals surface area contributed by atoms with Crippen LogP contribution in [0.15, 0.2) is 18.3 Å². The van der Waals surface area contributed by atoms with Crippen molar-refractivity contribution in [1.29, 1.82) is 0 Å². The van der Waals surface area contributed by atoms with Gasteiger partial charge in [0.05, 0.1) is 0 Å². The van der Waals surface area contributed by atoms with Gasteiger partial charge in [-0.3, -0.25) is 0 Å². The molecule has 0 atom stereocenters. The lowest BCUT2D eigenvalue weighted by Crippen LogP contribution is -2.06. The SMILES string of the molecule is Cc1ccc(NCCSCCCO)nc1. The van der Waals surface area contributed by atoms with Crippen molar-refractivity contribution < 1.29 is 5.11 Å². The van der Waals surface area contributed by atoms with Crippen molar-refractivity contribution in [2.45, 2.75) is 13.3 Å². The van der Waals surface area contributed by atoms with Crippen LogP contribution in [0.4, 0.5) is 5.82 Å². The number of hydrogen-bond acceptors (Lipinski definition) is 4. The fourth-order valence-corrected chi connectivity index (χ4v) is 1.88. The van der Waals surface area contributed by atoms with Gasteiger partial charge in [0.2, 0.25) is 0 Å². The molecule has 0 fully saturated rings. The van der Waals surface area contributed by atoms with E-state index in [0.717, 1.165) is 30.3 Å². The molecule has 0 saturated heterocycles. The van der Waals surface area contributed by atoms with Crippen molar-refractivity contribution >= 4 is 17.6 Å². The van der Waals surface area contributed by atoms with Gasteiger partial charge in [-0.1, -0.05) is 6.07 Å². The number of pyridine rings is 1. The summed E-state index contributed by atoms with van der Waals surface area (Å²) >= 11 is 1.85. The number of aliphatic hydroxyl groups is 1. The van der Waals surface area contributed by atoms with Crippen LogP contribution in [-0.2, 0) is 0 Å². The first-order chi connectivity index (χ1) is 7.33. The molecule has 1 aromatic rings. The van der Waals surface area contributed by atoms with Crippen molar-refractivity contribution in [1.82, 2.24) is 4.98 Å². The van der Waals surface area contributed by atoms with Gasteiger partial charge in [-0.2, -0.15) is 11.8 Å². The van der Waals surface area contributed by atoms with Gasteiger partial charge in [0.1, 0.15) is 5.82 Å². The van der Waals surface area contributed by atoms with Gasteiger partial charge in [0.15, 0.2) is 0 Å². The molecule has 0 unspecified atom stereocenters. The van der Waals surface area contributed by atoms with E-state index in [2.05, 4.69) is 10.3 Å². The van der Waals surface area contributed by atoms with Crippen molar-refractivity contribution in [2.24, 2.45) is 0 Å². The molecule has 0 aliphatic carbocycles. The maximum absolute atomic E-state index is 8.59. The molecule has 4 heteroatoms. The van der Waals surface area contributed by atoms with Crippen LogP contribution in [-0.4, -0.2) is 34.7 Å². The number of aromatic nitrogens is 1. The molecular formula is C11H18N2OS. The van der Waals surface area contributed by atoms with Gasteiger partial charge in [0, 0.05) is 25.1 Å². The summed E-state index contributed by atoms with van der Waals surface area (Å²) < 4.78 is 0. The molecule has 0 aromatic carbocycles. The number of aliphatic hydroxyl groups excluding tert-OH is 1. The molecule has 1 heterocycles. The van der Waals surface area contributed by atoms with Crippen LogP contribution >= 0.6 is 11.8 Å². The topological polar surface area (TPSA) is 45.1 Å². The monoisotopic (exact) mass is 226 g/mol. The Balaban J connectivity index is 2.07. The van der Waals surface area contributed by atoms with Crippen molar-refractivity contribution in [3.8, 4) is 0 Å². The molecule has 0 aliphatic rings. The average Bonchev–Trinajstić information content (AvgIpc) is 2.26. The summed E-state index contributed by atoms with van der Waals surface area (Å²) in [6.45, 7) is 3.24. The lowest BCUT2D eigenvalue weighted by molar-refractivity contribution is 0.296. The number of thioether (sulfide) groups is 1. The summed E-state index contributed by atoms with van der Waals surface area (Å²) in [6.07, 6.45) is 2.74. The van der Waals surface area contributed by atoms with Gasteiger partial charge in [-0.25, -0.2) is 4.98 Å². The molecule has 3 nitrogen and oxygen atoms in total. The molecule has 0 bridgehead atoms. The minimum atomic E-state index is 0.292. The predicted octanol–water partition coefficient (Wildman–Crippen LogP) is 1.92. The third kappa shape index (κ3) is 5.64. The zero-order valence-electron chi connectivity index (χ0n) is 9.07. The number of aryl methyl sites for hydroxylation is 1. The van der Waals surface area contributed by atoms with Gasteiger partial charge < -0.3 is 10.4 Å². The first-order valence-corrected chi connectivity index (χ1v) is 6.33. The van der Waals surface area contributed by atoms with E-state index in [1.54, 1.807) is 0 Å². The Bertz CT molecular complexity index is 264. The van der Waals surface area contributed by atoms with E-state index < -0.39 is 0 Å². The lowest BCUT2D eigenvalue weighted by Gasteiger charge is -2.05. The highest BCUT2D eigenvalue weighted by Crippen LogP contribution is 2.05. The second-order valence-corrected chi connectivity index (χ2v) is 4.56. The van der Waals surface area contributed by atoms with Crippen LogP contribution in [0.1, 0.15) is 12.0 Å². The van der Waals surface area contributed by atoms with Crippen LogP contribution in [0.2, 0.25) is 0 Å². The predicted molar refractivity (Wildman–Crippen MR) is 66.5 cm³/mol. The normalized spacial score (nSPS) is 10.3. The van der Waals surface area contributed by atoms with E-state index in [4.69, 9.17) is 5.11 Å². The largest absolute Gasteiger partial charge is 0.396 e. The summed E-state index contributed by atoms with van der Waals surface area (Å²) in [4.78, 5) is 4.25. The second kappa shape index (κ2) is 7.54. The number of nitrogens with zero attached hydrogens (tertiary/aromatic N) is 1. The Kier molecular flexibility index (Phi) is 6.20. The second-order valence-electron chi connectivity index (χ2n) is 3.34. The molecular weight excluding hydrogens is 208 g/mol. The van der Waals surface area contributed by atoms with E-state index in [1.807, 2.05) is 37.0 Å². The fourth-order valence-electron chi connectivity index (χ4n) is 1.09. The molecule has 0 spiro atoms. The van der Waals surface area contributed by atoms with Crippen molar-refractivity contribution in [2.75, 3.05) is 30.0 Å². The van der Waals surface area contributed by atoms with Crippen molar-refractivity contribution in [3.63, 3.8) is 0 Å². The van der Waals surface area contributed by atoms with E-state index in [0.29, 0.717) is 6.61 Å². The summed E-state index contributed by atoms with van der Waals surface area (Å²) in [5.74, 6) is 3.01. The third-order valence-corrected chi connectivity index (χ3v) is 2.98. The van der Waals surface area contributed by atoms with E-state index in [-0.39, 0.29) is 0 Å². The standard InChI is InChI=1S/C11H18N2OS/c1-10-3-4-11(13-9-10)12-5-8-15-7-2-6-14/h3-4,9,14H,2,5-8H2,1H3,(H,12,13). The minimum Gasteiger partial charge on any atom is -0.396 e. The van der Waals surface area contributed by atoms with Gasteiger partial charge in [-0.15, -0.1) is 0 Å². The Morgan fingerprint density at radius 1 is 1.40 bits per heavy atom. The third-order valence-electron chi connectivity index (χ3n) is 1.91. The molecule has 2 N–H and O–H groups in total. The highest BCUT2D eigenvalue weighted by molar-refractivity contribution is 7.99. The quantitative estimate of drug-likeness (QED) is 0.697. The van der Waals surface area contributed by atoms with Crippen LogP contribution in [0, 0.1) is 6.92 Å². The van der Waals surface area contributed by atoms with Gasteiger partial charge in [-0.05, 0) is 30.7 Å². The number of rotatable bonds is 7. The molecule has 84 valence electrons. The zero-order valence-corrected chi connectivity index (χ0v) is 9.89. The Labute approximate surface area is 95.3 Å². The van der Waals surface area contributed by atoms with E-state index in [1.165, 1.54) is 5.56 Å². The zero-order chi connectivity index (χ0) is 10.9. The molecule has 0 saturated carbocycles. The maximum Gasteiger partial charge on any atom is 0.125 e. The van der Waals surface area contributed by atoms with Crippen LogP contribution in [0.25, 0.3) is 0 Å². The Morgan fingerprint density at radius 2 is 2.27 bits per heavy atom. The summed E-state index contributed by atoms with van der Waals surface area (Å²) in [6, 6.07) is 4.04. The minimum absolute atomic E-state index is 0.292. The van der Waals surface area contributed by atoms with E-state index in [9.17, 15) is 0 Å². The number of nitrogens with one attached hydrogen (secondary N) is 1. The molecule has 0 amide bonds. The summed E-state index contributed by atoms with van der Waals surface area (Å²) in [5.41, 5.74) is 1.18. The van der Waals surface area contributed by atoms with Gasteiger partial charge in [0.25, 0.3) is 0 Å². The first-order valence-electron chi connectivity index (χ1n) is 5.18. The fraction of sp³-hybridized carbons (Fsp3) is 0.545. The smallest absolute Gasteiger partial charge is 0.125 e. The highest BCUT2D eigenvalue weighted by atomic mass is 32.2. The van der Waals surface area contributed by atoms with Crippen LogP contribution in [0.3, 0.4) is 0 Å². The Morgan fingerprint density at radius 3 is 2.93 bits per heavy atom. The molecule has 0 aliphatic heterocycles. The number of hydrogen-bond donors (Lipinski definition) is 2. The lowest BCUT2D eigenvalue weighted by atomic mass is 10.3. The molecule has 0 radical (unpaired) electrons. The average molecular weight is 226 g/mol. The van der Waals surface area contributed by atoms with Crippen molar-refractivity contribution in [3.05, 3.63) is 23.9 Å². The summed E-state index contributed by atoms with van der Waals surface area (Å²) in [7, 11) is 0. The summed E-state index contributed by atoms with van der Waals surface area (Å²) in [5, 5.41) is 11.8. The van der Waals surface area contributed by atoms with Gasteiger partial charge >= 0.3 is 0 Å². The molecule has 15 heavy (non-hydrogen) atoms. The van der Waals surface area contributed by atoms with E-state index >= 15 is 0 Å². The first kappa shape index (κ1) is 12.3. The highest BCUT2D eigenvalue weighted by Gasteiger charge is 1.93. The Hall–Kier alpha value is -0.740.